The summed E-state index contributed by atoms with van der Waals surface area (Å²) in [6.45, 7) is 5.89. The van der Waals surface area contributed by atoms with Crippen LogP contribution in [0.2, 0.25) is 0 Å². The van der Waals surface area contributed by atoms with E-state index in [0.717, 1.165) is 11.3 Å². The van der Waals surface area contributed by atoms with Gasteiger partial charge in [0, 0.05) is 12.0 Å². The number of hydrogen-bond donors (Lipinski definition) is 2. The molecule has 2 atom stereocenters. The van der Waals surface area contributed by atoms with Crippen molar-refractivity contribution in [1.29, 1.82) is 0 Å². The number of para-hydroxylation sites is 1. The lowest BCUT2D eigenvalue weighted by atomic mass is 9.83. The fourth-order valence-corrected chi connectivity index (χ4v) is 2.84. The summed E-state index contributed by atoms with van der Waals surface area (Å²) in [5.41, 5.74) is 0.565. The molecule has 1 amide bonds. The standard InChI is InChI=1S/C16H20N4O2/c1-10(14-17-9-18-20-14)19-15(21)12-8-16(2,3)22-13-7-5-4-6-11(12)13/h4-7,9-10,12H,8H2,1-3H3,(H,19,21)(H,17,18,20). The summed E-state index contributed by atoms with van der Waals surface area (Å²) in [6.07, 6.45) is 2.07. The van der Waals surface area contributed by atoms with Gasteiger partial charge >= 0.3 is 0 Å². The second-order valence-corrected chi connectivity index (χ2v) is 6.26. The maximum absolute atomic E-state index is 12.7. The number of ether oxygens (including phenoxy) is 1. The minimum absolute atomic E-state index is 0.0206. The second kappa shape index (κ2) is 5.44. The van der Waals surface area contributed by atoms with Crippen LogP contribution >= 0.6 is 0 Å². The van der Waals surface area contributed by atoms with Crippen LogP contribution in [0.1, 0.15) is 50.5 Å². The Bertz CT molecular complexity index is 667. The van der Waals surface area contributed by atoms with E-state index in [-0.39, 0.29) is 23.5 Å². The maximum atomic E-state index is 12.7. The van der Waals surface area contributed by atoms with Gasteiger partial charge in [0.25, 0.3) is 0 Å². The Hall–Kier alpha value is -2.37. The van der Waals surface area contributed by atoms with Gasteiger partial charge in [0.1, 0.15) is 23.5 Å². The number of benzene rings is 1. The van der Waals surface area contributed by atoms with Gasteiger partial charge in [-0.2, -0.15) is 5.10 Å². The molecule has 116 valence electrons. The molecule has 1 aliphatic rings. The minimum atomic E-state index is -0.369. The summed E-state index contributed by atoms with van der Waals surface area (Å²) in [4.78, 5) is 16.8. The minimum Gasteiger partial charge on any atom is -0.488 e. The molecule has 1 aromatic heterocycles. The Labute approximate surface area is 129 Å². The number of aromatic amines is 1. The van der Waals surface area contributed by atoms with Crippen LogP contribution in [0.3, 0.4) is 0 Å². The first-order valence-electron chi connectivity index (χ1n) is 7.40. The molecule has 22 heavy (non-hydrogen) atoms. The van der Waals surface area contributed by atoms with E-state index in [1.54, 1.807) is 0 Å². The normalized spacial score (nSPS) is 20.6. The molecule has 2 N–H and O–H groups in total. The van der Waals surface area contributed by atoms with Crippen molar-refractivity contribution in [1.82, 2.24) is 20.5 Å². The first kappa shape index (κ1) is 14.6. The lowest BCUT2D eigenvalue weighted by molar-refractivity contribution is -0.125. The number of amides is 1. The number of fused-ring (bicyclic) bond motifs is 1. The largest absolute Gasteiger partial charge is 0.488 e. The lowest BCUT2D eigenvalue weighted by Gasteiger charge is -2.37. The third-order valence-electron chi connectivity index (χ3n) is 3.90. The first-order chi connectivity index (χ1) is 10.5. The molecule has 0 spiro atoms. The predicted octanol–water partition coefficient (Wildman–Crippen LogP) is 2.33. The smallest absolute Gasteiger partial charge is 0.228 e. The Balaban J connectivity index is 1.83. The van der Waals surface area contributed by atoms with Crippen LogP contribution in [0.15, 0.2) is 30.6 Å². The summed E-state index contributed by atoms with van der Waals surface area (Å²) >= 11 is 0. The van der Waals surface area contributed by atoms with Crippen molar-refractivity contribution in [2.45, 2.75) is 44.8 Å². The van der Waals surface area contributed by atoms with Crippen molar-refractivity contribution < 1.29 is 9.53 Å². The van der Waals surface area contributed by atoms with Gasteiger partial charge in [0.05, 0.1) is 12.0 Å². The Kier molecular flexibility index (Phi) is 3.60. The van der Waals surface area contributed by atoms with E-state index in [1.807, 2.05) is 45.0 Å². The van der Waals surface area contributed by atoms with E-state index in [4.69, 9.17) is 4.74 Å². The van der Waals surface area contributed by atoms with Crippen molar-refractivity contribution in [2.75, 3.05) is 0 Å². The van der Waals surface area contributed by atoms with Gasteiger partial charge in [0.2, 0.25) is 5.91 Å². The Morgan fingerprint density at radius 3 is 2.95 bits per heavy atom. The molecule has 0 radical (unpaired) electrons. The summed E-state index contributed by atoms with van der Waals surface area (Å²) in [7, 11) is 0. The number of carbonyl (C=O) groups excluding carboxylic acids is 1. The summed E-state index contributed by atoms with van der Waals surface area (Å²) in [5, 5.41) is 9.60. The molecule has 3 rings (SSSR count). The van der Waals surface area contributed by atoms with E-state index >= 15 is 0 Å². The molecule has 2 aromatic rings. The maximum Gasteiger partial charge on any atom is 0.228 e. The zero-order valence-electron chi connectivity index (χ0n) is 13.0. The number of nitrogens with one attached hydrogen (secondary N) is 2. The zero-order valence-corrected chi connectivity index (χ0v) is 13.0. The molecular weight excluding hydrogens is 280 g/mol. The summed E-state index contributed by atoms with van der Waals surface area (Å²) in [5.74, 6) is 1.18. The predicted molar refractivity (Wildman–Crippen MR) is 81.4 cm³/mol. The van der Waals surface area contributed by atoms with Crippen molar-refractivity contribution in [2.24, 2.45) is 0 Å². The zero-order chi connectivity index (χ0) is 15.7. The fraction of sp³-hybridized carbons (Fsp3) is 0.438. The number of rotatable bonds is 3. The monoisotopic (exact) mass is 300 g/mol. The van der Waals surface area contributed by atoms with Gasteiger partial charge in [-0.1, -0.05) is 18.2 Å². The van der Waals surface area contributed by atoms with Crippen LogP contribution < -0.4 is 10.1 Å². The highest BCUT2D eigenvalue weighted by molar-refractivity contribution is 5.85. The van der Waals surface area contributed by atoms with E-state index < -0.39 is 0 Å². The Morgan fingerprint density at radius 1 is 1.45 bits per heavy atom. The Morgan fingerprint density at radius 2 is 2.23 bits per heavy atom. The molecule has 0 aliphatic carbocycles. The van der Waals surface area contributed by atoms with Gasteiger partial charge in [-0.05, 0) is 26.8 Å². The third-order valence-corrected chi connectivity index (χ3v) is 3.90. The van der Waals surface area contributed by atoms with E-state index in [2.05, 4.69) is 20.5 Å². The van der Waals surface area contributed by atoms with Gasteiger partial charge in [-0.25, -0.2) is 4.98 Å². The van der Waals surface area contributed by atoms with Crippen molar-refractivity contribution in [3.63, 3.8) is 0 Å². The third kappa shape index (κ3) is 2.81. The molecule has 0 saturated carbocycles. The van der Waals surface area contributed by atoms with Gasteiger partial charge in [0.15, 0.2) is 0 Å². The van der Waals surface area contributed by atoms with Crippen molar-refractivity contribution >= 4 is 5.91 Å². The van der Waals surface area contributed by atoms with E-state index in [9.17, 15) is 4.79 Å². The highest BCUT2D eigenvalue weighted by atomic mass is 16.5. The molecule has 6 nitrogen and oxygen atoms in total. The van der Waals surface area contributed by atoms with Gasteiger partial charge < -0.3 is 10.1 Å². The average molecular weight is 300 g/mol. The lowest BCUT2D eigenvalue weighted by Crippen LogP contribution is -2.41. The van der Waals surface area contributed by atoms with Crippen LogP contribution in [0.5, 0.6) is 5.75 Å². The van der Waals surface area contributed by atoms with Crippen LogP contribution in [-0.2, 0) is 4.79 Å². The number of nitrogens with zero attached hydrogens (tertiary/aromatic N) is 2. The molecule has 1 aromatic carbocycles. The van der Waals surface area contributed by atoms with Crippen LogP contribution in [0.25, 0.3) is 0 Å². The van der Waals surface area contributed by atoms with Crippen molar-refractivity contribution in [3.05, 3.63) is 42.0 Å². The second-order valence-electron chi connectivity index (χ2n) is 6.26. The van der Waals surface area contributed by atoms with Gasteiger partial charge in [-0.3, -0.25) is 9.89 Å². The molecule has 0 saturated heterocycles. The summed E-state index contributed by atoms with van der Waals surface area (Å²) in [6, 6.07) is 7.50. The number of aromatic nitrogens is 3. The summed E-state index contributed by atoms with van der Waals surface area (Å²) < 4.78 is 5.97. The molecule has 6 heteroatoms. The number of carbonyl (C=O) groups is 1. The molecule has 0 fully saturated rings. The van der Waals surface area contributed by atoms with Crippen LogP contribution in [0.4, 0.5) is 0 Å². The number of H-pyrrole nitrogens is 1. The quantitative estimate of drug-likeness (QED) is 0.911. The molecular formula is C16H20N4O2. The van der Waals surface area contributed by atoms with Gasteiger partial charge in [-0.15, -0.1) is 0 Å². The molecule has 2 heterocycles. The first-order valence-corrected chi connectivity index (χ1v) is 7.40. The SMILES string of the molecule is CC(NC(=O)C1CC(C)(C)Oc2ccccc21)c1ncn[nH]1. The highest BCUT2D eigenvalue weighted by Crippen LogP contribution is 2.40. The number of hydrogen-bond acceptors (Lipinski definition) is 4. The van der Waals surface area contributed by atoms with Crippen LogP contribution in [0, 0.1) is 0 Å². The van der Waals surface area contributed by atoms with Crippen molar-refractivity contribution in [3.8, 4) is 5.75 Å². The van der Waals surface area contributed by atoms with E-state index in [1.165, 1.54) is 6.33 Å². The molecule has 0 bridgehead atoms. The fourth-order valence-electron chi connectivity index (χ4n) is 2.84. The highest BCUT2D eigenvalue weighted by Gasteiger charge is 2.37. The molecule has 1 aliphatic heterocycles. The average Bonchev–Trinajstić information content (AvgIpc) is 2.99. The van der Waals surface area contributed by atoms with Crippen LogP contribution in [-0.4, -0.2) is 26.7 Å². The molecule has 2 unspecified atom stereocenters. The van der Waals surface area contributed by atoms with E-state index in [0.29, 0.717) is 12.2 Å². The topological polar surface area (TPSA) is 79.9 Å².